The van der Waals surface area contributed by atoms with Crippen LogP contribution in [0.4, 0.5) is 18.9 Å². The SMILES string of the molecule is NC(=C1CCCCC1=NCc1nc(C(=O)Nc2ccccc2)cs1)C(F)(F)F. The number of hydrogen-bond donors (Lipinski definition) is 2. The van der Waals surface area contributed by atoms with Gasteiger partial charge in [0, 0.05) is 22.4 Å². The number of hydrogen-bond acceptors (Lipinski definition) is 5. The van der Waals surface area contributed by atoms with Crippen molar-refractivity contribution in [3.63, 3.8) is 0 Å². The van der Waals surface area contributed by atoms with Gasteiger partial charge in [0.2, 0.25) is 0 Å². The van der Waals surface area contributed by atoms with E-state index in [1.165, 1.54) is 11.3 Å². The third-order valence-electron chi connectivity index (χ3n) is 4.29. The molecule has 0 aliphatic heterocycles. The zero-order valence-corrected chi connectivity index (χ0v) is 15.7. The summed E-state index contributed by atoms with van der Waals surface area (Å²) >= 11 is 1.24. The molecule has 0 radical (unpaired) electrons. The van der Waals surface area contributed by atoms with E-state index in [1.54, 1.807) is 29.6 Å². The summed E-state index contributed by atoms with van der Waals surface area (Å²) < 4.78 is 38.8. The normalized spacial score (nSPS) is 18.2. The standard InChI is InChI=1S/C19H19F3N4OS/c20-19(21,22)17(23)13-8-4-5-9-14(13)24-10-16-26-15(11-28-16)18(27)25-12-6-2-1-3-7-12/h1-3,6-7,11H,4-5,8-10,23H2,(H,25,27). The molecular weight excluding hydrogens is 389 g/mol. The van der Waals surface area contributed by atoms with Crippen LogP contribution in [0.15, 0.2) is 52.0 Å². The summed E-state index contributed by atoms with van der Waals surface area (Å²) in [5.41, 5.74) is 5.61. The third-order valence-corrected chi connectivity index (χ3v) is 5.12. The molecule has 0 unspecified atom stereocenters. The molecule has 148 valence electrons. The van der Waals surface area contributed by atoms with Gasteiger partial charge in [-0.2, -0.15) is 13.2 Å². The van der Waals surface area contributed by atoms with E-state index in [0.717, 1.165) is 6.42 Å². The van der Waals surface area contributed by atoms with Gasteiger partial charge >= 0.3 is 6.18 Å². The first kappa shape index (κ1) is 20.1. The molecule has 1 aromatic heterocycles. The van der Waals surface area contributed by atoms with E-state index >= 15 is 0 Å². The summed E-state index contributed by atoms with van der Waals surface area (Å²) in [6.45, 7) is 0.118. The van der Waals surface area contributed by atoms with Crippen molar-refractivity contribution in [2.75, 3.05) is 5.32 Å². The van der Waals surface area contributed by atoms with Crippen LogP contribution in [0.5, 0.6) is 0 Å². The number of aromatic nitrogens is 1. The van der Waals surface area contributed by atoms with E-state index in [4.69, 9.17) is 5.73 Å². The number of nitrogens with one attached hydrogen (secondary N) is 1. The molecule has 28 heavy (non-hydrogen) atoms. The van der Waals surface area contributed by atoms with Gasteiger partial charge in [-0.1, -0.05) is 18.2 Å². The zero-order chi connectivity index (χ0) is 20.1. The lowest BCUT2D eigenvalue weighted by Gasteiger charge is -2.20. The molecule has 1 amide bonds. The molecule has 0 saturated heterocycles. The summed E-state index contributed by atoms with van der Waals surface area (Å²) in [6, 6.07) is 8.98. The maximum atomic E-state index is 12.9. The first-order chi connectivity index (χ1) is 13.3. The number of nitrogens with zero attached hydrogens (tertiary/aromatic N) is 2. The molecule has 5 nitrogen and oxygen atoms in total. The molecule has 0 bridgehead atoms. The number of alkyl halides is 3. The van der Waals surface area contributed by atoms with Crippen molar-refractivity contribution >= 4 is 28.6 Å². The predicted molar refractivity (Wildman–Crippen MR) is 103 cm³/mol. The first-order valence-corrected chi connectivity index (χ1v) is 9.63. The lowest BCUT2D eigenvalue weighted by Crippen LogP contribution is -2.26. The summed E-state index contributed by atoms with van der Waals surface area (Å²) in [5.74, 6) is -0.346. The van der Waals surface area contributed by atoms with Gasteiger partial charge in [-0.25, -0.2) is 4.98 Å². The summed E-state index contributed by atoms with van der Waals surface area (Å²) in [5, 5.41) is 4.90. The van der Waals surface area contributed by atoms with E-state index < -0.39 is 11.9 Å². The van der Waals surface area contributed by atoms with Crippen molar-refractivity contribution in [2.45, 2.75) is 38.4 Å². The van der Waals surface area contributed by atoms with Crippen molar-refractivity contribution in [3.05, 3.63) is 57.7 Å². The molecule has 2 aromatic rings. The molecule has 1 aromatic carbocycles. The van der Waals surface area contributed by atoms with Crippen molar-refractivity contribution in [1.82, 2.24) is 4.98 Å². The van der Waals surface area contributed by atoms with Crippen molar-refractivity contribution in [3.8, 4) is 0 Å². The number of carbonyl (C=O) groups excluding carboxylic acids is 1. The molecular formula is C19H19F3N4OS. The number of allylic oxidation sites excluding steroid dienone is 2. The topological polar surface area (TPSA) is 80.4 Å². The van der Waals surface area contributed by atoms with Crippen LogP contribution >= 0.6 is 11.3 Å². The first-order valence-electron chi connectivity index (χ1n) is 8.75. The fourth-order valence-corrected chi connectivity index (χ4v) is 3.59. The van der Waals surface area contributed by atoms with E-state index in [1.807, 2.05) is 6.07 Å². The Bertz CT molecular complexity index is 903. The molecule has 1 fully saturated rings. The van der Waals surface area contributed by atoms with Gasteiger partial charge in [0.05, 0.1) is 6.54 Å². The Morgan fingerprint density at radius 3 is 2.64 bits per heavy atom. The van der Waals surface area contributed by atoms with Gasteiger partial charge in [0.1, 0.15) is 16.4 Å². The van der Waals surface area contributed by atoms with Crippen LogP contribution in [0, 0.1) is 0 Å². The number of rotatable bonds is 4. The van der Waals surface area contributed by atoms with Crippen molar-refractivity contribution < 1.29 is 18.0 Å². The smallest absolute Gasteiger partial charge is 0.394 e. The second-order valence-electron chi connectivity index (χ2n) is 6.31. The van der Waals surface area contributed by atoms with E-state index in [0.29, 0.717) is 29.2 Å². The minimum absolute atomic E-state index is 0.0809. The number of thiazole rings is 1. The maximum Gasteiger partial charge on any atom is 0.431 e. The number of benzene rings is 1. The molecule has 0 atom stereocenters. The number of aliphatic imine (C=N–C) groups is 1. The second kappa shape index (κ2) is 8.55. The highest BCUT2D eigenvalue weighted by atomic mass is 32.1. The summed E-state index contributed by atoms with van der Waals surface area (Å²) in [6.07, 6.45) is -2.40. The minimum Gasteiger partial charge on any atom is -0.394 e. The van der Waals surface area contributed by atoms with Crippen molar-refractivity contribution in [2.24, 2.45) is 10.7 Å². The Hall–Kier alpha value is -2.68. The number of anilines is 1. The van der Waals surface area contributed by atoms with Gasteiger partial charge in [0.25, 0.3) is 5.91 Å². The van der Waals surface area contributed by atoms with Gasteiger partial charge in [-0.15, -0.1) is 11.3 Å². The van der Waals surface area contributed by atoms with Gasteiger partial charge in [0.15, 0.2) is 0 Å². The lowest BCUT2D eigenvalue weighted by molar-refractivity contribution is -0.0933. The number of nitrogens with two attached hydrogens (primary N) is 1. The van der Waals surface area contributed by atoms with Crippen molar-refractivity contribution in [1.29, 1.82) is 0 Å². The van der Waals surface area contributed by atoms with Gasteiger partial charge in [-0.3, -0.25) is 9.79 Å². The third kappa shape index (κ3) is 4.98. The van der Waals surface area contributed by atoms with Gasteiger partial charge in [-0.05, 0) is 37.8 Å². The maximum absolute atomic E-state index is 12.9. The Labute approximate surface area is 164 Å². The molecule has 1 saturated carbocycles. The van der Waals surface area contributed by atoms with Crippen LogP contribution in [0.3, 0.4) is 0 Å². The van der Waals surface area contributed by atoms with Crippen LogP contribution in [0.2, 0.25) is 0 Å². The average molecular weight is 408 g/mol. The van der Waals surface area contributed by atoms with Crippen LogP contribution in [0.1, 0.15) is 41.2 Å². The van der Waals surface area contributed by atoms with E-state index in [9.17, 15) is 18.0 Å². The molecule has 0 spiro atoms. The molecule has 1 aliphatic rings. The Morgan fingerprint density at radius 1 is 1.21 bits per heavy atom. The quantitative estimate of drug-likeness (QED) is 0.770. The van der Waals surface area contributed by atoms with E-state index in [-0.39, 0.29) is 30.1 Å². The molecule has 3 N–H and O–H groups in total. The molecule has 3 rings (SSSR count). The number of para-hydroxylation sites is 1. The van der Waals surface area contributed by atoms with Crippen LogP contribution in [0.25, 0.3) is 0 Å². The minimum atomic E-state index is -4.56. The highest BCUT2D eigenvalue weighted by Gasteiger charge is 2.35. The largest absolute Gasteiger partial charge is 0.431 e. The highest BCUT2D eigenvalue weighted by Crippen LogP contribution is 2.31. The Kier molecular flexibility index (Phi) is 6.13. The Balaban J connectivity index is 1.71. The number of carbonyl (C=O) groups is 1. The monoisotopic (exact) mass is 408 g/mol. The Morgan fingerprint density at radius 2 is 1.93 bits per heavy atom. The highest BCUT2D eigenvalue weighted by molar-refractivity contribution is 7.09. The van der Waals surface area contributed by atoms with E-state index in [2.05, 4.69) is 15.3 Å². The molecule has 9 heteroatoms. The summed E-state index contributed by atoms with van der Waals surface area (Å²) in [7, 11) is 0. The number of halogens is 3. The fourth-order valence-electron chi connectivity index (χ4n) is 2.89. The zero-order valence-electron chi connectivity index (χ0n) is 14.9. The number of amides is 1. The lowest BCUT2D eigenvalue weighted by atomic mass is 9.91. The second-order valence-corrected chi connectivity index (χ2v) is 7.25. The van der Waals surface area contributed by atoms with Gasteiger partial charge < -0.3 is 11.1 Å². The fraction of sp³-hybridized carbons (Fsp3) is 0.316. The molecule has 1 aliphatic carbocycles. The average Bonchev–Trinajstić information content (AvgIpc) is 3.15. The van der Waals surface area contributed by atoms with Crippen LogP contribution < -0.4 is 11.1 Å². The summed E-state index contributed by atoms with van der Waals surface area (Å²) in [4.78, 5) is 20.8. The van der Waals surface area contributed by atoms with Crippen LogP contribution in [-0.2, 0) is 6.54 Å². The predicted octanol–water partition coefficient (Wildman–Crippen LogP) is 4.69. The molecule has 1 heterocycles. The van der Waals surface area contributed by atoms with Crippen LogP contribution in [-0.4, -0.2) is 22.8 Å².